The molecule has 4 rings (SSSR count). The number of nitrogens with zero attached hydrogens (tertiary/aromatic N) is 2. The van der Waals surface area contributed by atoms with Crippen LogP contribution in [-0.4, -0.2) is 42.8 Å². The number of hydrogen-bond acceptors (Lipinski definition) is 5. The standard InChI is InChI=1S/C30H35N3O4/c1-22-10-9-11-24(20-22)37-19-18-33-26-13-7-6-12-25(26)32-29(33)14-5-4-8-17-31-30(34)23-15-16-27(35-2)28(21-23)36-3/h6-7,9-13,15-16,20-21H,4-5,8,14,17-19H2,1-3H3,(H,31,34). The van der Waals surface area contributed by atoms with E-state index < -0.39 is 0 Å². The summed E-state index contributed by atoms with van der Waals surface area (Å²) in [6.45, 7) is 4.01. The lowest BCUT2D eigenvalue weighted by atomic mass is 10.1. The lowest BCUT2D eigenvalue weighted by Gasteiger charge is -2.12. The molecular formula is C30H35N3O4. The predicted molar refractivity (Wildman–Crippen MR) is 146 cm³/mol. The Hall–Kier alpha value is -4.00. The number of amides is 1. The molecule has 0 aliphatic rings. The Morgan fingerprint density at radius 1 is 0.919 bits per heavy atom. The first-order valence-electron chi connectivity index (χ1n) is 12.7. The third kappa shape index (κ3) is 6.82. The Morgan fingerprint density at radius 3 is 2.57 bits per heavy atom. The first kappa shape index (κ1) is 26.1. The van der Waals surface area contributed by atoms with Crippen LogP contribution in [0.1, 0.15) is 41.0 Å². The molecular weight excluding hydrogens is 466 g/mol. The molecule has 0 saturated heterocycles. The number of unbranched alkanes of at least 4 members (excludes halogenated alkanes) is 2. The molecule has 4 aromatic rings. The van der Waals surface area contributed by atoms with E-state index >= 15 is 0 Å². The Bertz CT molecular complexity index is 1330. The fraction of sp³-hybridized carbons (Fsp3) is 0.333. The minimum absolute atomic E-state index is 0.114. The van der Waals surface area contributed by atoms with Gasteiger partial charge in [0.2, 0.25) is 0 Å². The molecule has 1 N–H and O–H groups in total. The zero-order valence-electron chi connectivity index (χ0n) is 21.8. The summed E-state index contributed by atoms with van der Waals surface area (Å²) >= 11 is 0. The van der Waals surface area contributed by atoms with Gasteiger partial charge >= 0.3 is 0 Å². The molecule has 37 heavy (non-hydrogen) atoms. The van der Waals surface area contributed by atoms with Gasteiger partial charge in [-0.15, -0.1) is 0 Å². The fourth-order valence-corrected chi connectivity index (χ4v) is 4.39. The minimum Gasteiger partial charge on any atom is -0.493 e. The first-order valence-corrected chi connectivity index (χ1v) is 12.7. The van der Waals surface area contributed by atoms with E-state index in [1.807, 2.05) is 24.3 Å². The zero-order valence-corrected chi connectivity index (χ0v) is 21.8. The van der Waals surface area contributed by atoms with E-state index in [4.69, 9.17) is 19.2 Å². The highest BCUT2D eigenvalue weighted by Gasteiger charge is 2.12. The van der Waals surface area contributed by atoms with E-state index in [0.29, 0.717) is 30.2 Å². The van der Waals surface area contributed by atoms with Gasteiger partial charge in [-0.05, 0) is 67.8 Å². The Balaban J connectivity index is 1.26. The first-order chi connectivity index (χ1) is 18.1. The normalized spacial score (nSPS) is 10.9. The number of nitrogens with one attached hydrogen (secondary N) is 1. The van der Waals surface area contributed by atoms with Crippen molar-refractivity contribution in [2.24, 2.45) is 0 Å². The monoisotopic (exact) mass is 501 g/mol. The number of aryl methyl sites for hydroxylation is 2. The van der Waals surface area contributed by atoms with Crippen molar-refractivity contribution in [1.29, 1.82) is 0 Å². The summed E-state index contributed by atoms with van der Waals surface area (Å²) in [5, 5.41) is 2.99. The van der Waals surface area contributed by atoms with Gasteiger partial charge in [-0.1, -0.05) is 30.7 Å². The molecule has 194 valence electrons. The van der Waals surface area contributed by atoms with Gasteiger partial charge in [-0.3, -0.25) is 4.79 Å². The van der Waals surface area contributed by atoms with E-state index in [1.54, 1.807) is 32.4 Å². The zero-order chi connectivity index (χ0) is 26.0. The number of carbonyl (C=O) groups is 1. The summed E-state index contributed by atoms with van der Waals surface area (Å²) in [6.07, 6.45) is 3.77. The lowest BCUT2D eigenvalue weighted by Crippen LogP contribution is -2.24. The lowest BCUT2D eigenvalue weighted by molar-refractivity contribution is 0.0952. The molecule has 0 radical (unpaired) electrons. The van der Waals surface area contributed by atoms with Crippen molar-refractivity contribution in [3.8, 4) is 17.2 Å². The summed E-state index contributed by atoms with van der Waals surface area (Å²) < 4.78 is 18.8. The van der Waals surface area contributed by atoms with E-state index in [-0.39, 0.29) is 5.91 Å². The molecule has 1 amide bonds. The third-order valence-electron chi connectivity index (χ3n) is 6.32. The molecule has 0 aliphatic heterocycles. The summed E-state index contributed by atoms with van der Waals surface area (Å²) in [5.41, 5.74) is 3.88. The maximum absolute atomic E-state index is 12.5. The smallest absolute Gasteiger partial charge is 0.251 e. The number of methoxy groups -OCH3 is 2. The maximum Gasteiger partial charge on any atom is 0.251 e. The van der Waals surface area contributed by atoms with Crippen molar-refractivity contribution in [3.05, 3.63) is 83.7 Å². The van der Waals surface area contributed by atoms with Gasteiger partial charge in [0.25, 0.3) is 5.91 Å². The number of fused-ring (bicyclic) bond motifs is 1. The highest BCUT2D eigenvalue weighted by Crippen LogP contribution is 2.27. The number of aromatic nitrogens is 2. The minimum atomic E-state index is -0.114. The SMILES string of the molecule is COc1ccc(C(=O)NCCCCCc2nc3ccccc3n2CCOc2cccc(C)c2)cc1OC. The number of para-hydroxylation sites is 2. The molecule has 1 heterocycles. The second kappa shape index (κ2) is 12.8. The highest BCUT2D eigenvalue weighted by atomic mass is 16.5. The molecule has 1 aromatic heterocycles. The summed E-state index contributed by atoms with van der Waals surface area (Å²) in [4.78, 5) is 17.4. The Kier molecular flexibility index (Phi) is 9.03. The molecule has 0 bridgehead atoms. The van der Waals surface area contributed by atoms with Crippen LogP contribution in [0.4, 0.5) is 0 Å². The van der Waals surface area contributed by atoms with Crippen molar-refractivity contribution < 1.29 is 19.0 Å². The van der Waals surface area contributed by atoms with Gasteiger partial charge < -0.3 is 24.1 Å². The predicted octanol–water partition coefficient (Wildman–Crippen LogP) is 5.58. The molecule has 7 heteroatoms. The van der Waals surface area contributed by atoms with Crippen LogP contribution in [0.5, 0.6) is 17.2 Å². The number of hydrogen-bond donors (Lipinski definition) is 1. The number of imidazole rings is 1. The van der Waals surface area contributed by atoms with Crippen LogP contribution in [0.2, 0.25) is 0 Å². The summed E-state index contributed by atoms with van der Waals surface area (Å²) in [6, 6.07) is 21.5. The molecule has 7 nitrogen and oxygen atoms in total. The second-order valence-corrected chi connectivity index (χ2v) is 8.97. The van der Waals surface area contributed by atoms with E-state index in [1.165, 1.54) is 5.56 Å². The fourth-order valence-electron chi connectivity index (χ4n) is 4.39. The third-order valence-corrected chi connectivity index (χ3v) is 6.32. The number of benzene rings is 3. The molecule has 0 aliphatic carbocycles. The van der Waals surface area contributed by atoms with Crippen LogP contribution in [-0.2, 0) is 13.0 Å². The van der Waals surface area contributed by atoms with E-state index in [2.05, 4.69) is 41.1 Å². The van der Waals surface area contributed by atoms with Gasteiger partial charge in [0, 0.05) is 18.5 Å². The summed E-state index contributed by atoms with van der Waals surface area (Å²) in [5.74, 6) is 3.00. The van der Waals surface area contributed by atoms with Crippen LogP contribution < -0.4 is 19.5 Å². The molecule has 0 atom stereocenters. The van der Waals surface area contributed by atoms with Crippen molar-refractivity contribution >= 4 is 16.9 Å². The topological polar surface area (TPSA) is 74.6 Å². The molecule has 0 saturated carbocycles. The van der Waals surface area contributed by atoms with Gasteiger partial charge in [0.15, 0.2) is 11.5 Å². The average molecular weight is 502 g/mol. The van der Waals surface area contributed by atoms with Crippen LogP contribution in [0, 0.1) is 6.92 Å². The van der Waals surface area contributed by atoms with Crippen molar-refractivity contribution in [3.63, 3.8) is 0 Å². The van der Waals surface area contributed by atoms with Gasteiger partial charge in [0.1, 0.15) is 18.2 Å². The summed E-state index contributed by atoms with van der Waals surface area (Å²) in [7, 11) is 3.14. The molecule has 3 aromatic carbocycles. The van der Waals surface area contributed by atoms with Gasteiger partial charge in [-0.25, -0.2) is 4.98 Å². The Morgan fingerprint density at radius 2 is 1.76 bits per heavy atom. The quantitative estimate of drug-likeness (QED) is 0.242. The van der Waals surface area contributed by atoms with E-state index in [0.717, 1.165) is 54.8 Å². The second-order valence-electron chi connectivity index (χ2n) is 8.97. The van der Waals surface area contributed by atoms with Crippen molar-refractivity contribution in [2.45, 2.75) is 39.2 Å². The van der Waals surface area contributed by atoms with Gasteiger partial charge in [0.05, 0.1) is 31.8 Å². The highest BCUT2D eigenvalue weighted by molar-refractivity contribution is 5.94. The number of carbonyl (C=O) groups excluding carboxylic acids is 1. The Labute approximate surface area is 218 Å². The molecule has 0 unspecified atom stereocenters. The maximum atomic E-state index is 12.5. The van der Waals surface area contributed by atoms with Crippen molar-refractivity contribution in [2.75, 3.05) is 27.4 Å². The van der Waals surface area contributed by atoms with Crippen molar-refractivity contribution in [1.82, 2.24) is 14.9 Å². The van der Waals surface area contributed by atoms with Crippen LogP contribution in [0.25, 0.3) is 11.0 Å². The number of ether oxygens (including phenoxy) is 3. The number of rotatable bonds is 13. The van der Waals surface area contributed by atoms with E-state index in [9.17, 15) is 4.79 Å². The van der Waals surface area contributed by atoms with Gasteiger partial charge in [-0.2, -0.15) is 0 Å². The largest absolute Gasteiger partial charge is 0.493 e. The van der Waals surface area contributed by atoms with Crippen LogP contribution >= 0.6 is 0 Å². The van der Waals surface area contributed by atoms with Crippen LogP contribution in [0.3, 0.4) is 0 Å². The molecule has 0 spiro atoms. The average Bonchev–Trinajstić information content (AvgIpc) is 3.27. The van der Waals surface area contributed by atoms with Crippen LogP contribution in [0.15, 0.2) is 66.7 Å². The molecule has 0 fully saturated rings.